The Morgan fingerprint density at radius 2 is 1.88 bits per heavy atom. The lowest BCUT2D eigenvalue weighted by atomic mass is 10.0. The highest BCUT2D eigenvalue weighted by molar-refractivity contribution is 5.98. The molecule has 0 unspecified atom stereocenters. The van der Waals surface area contributed by atoms with Crippen LogP contribution in [0.2, 0.25) is 0 Å². The molecule has 7 nitrogen and oxygen atoms in total. The van der Waals surface area contributed by atoms with Gasteiger partial charge in [-0.05, 0) is 42.7 Å². The number of morpholine rings is 1. The Balaban J connectivity index is 1.63. The highest BCUT2D eigenvalue weighted by atomic mass is 16.5. The van der Waals surface area contributed by atoms with Crippen molar-refractivity contribution in [2.24, 2.45) is 0 Å². The summed E-state index contributed by atoms with van der Waals surface area (Å²) in [5.41, 5.74) is 5.62. The lowest BCUT2D eigenvalue weighted by molar-refractivity contribution is 0.0827. The fourth-order valence-electron chi connectivity index (χ4n) is 4.80. The fraction of sp³-hybridized carbons (Fsp3) is 0.385. The van der Waals surface area contributed by atoms with Crippen LogP contribution >= 0.6 is 0 Å². The van der Waals surface area contributed by atoms with E-state index in [1.54, 1.807) is 20.2 Å². The van der Waals surface area contributed by atoms with Crippen molar-refractivity contribution in [1.29, 1.82) is 0 Å². The van der Waals surface area contributed by atoms with Gasteiger partial charge in [0.2, 0.25) is 0 Å². The summed E-state index contributed by atoms with van der Waals surface area (Å²) in [5, 5.41) is 0.443. The van der Waals surface area contributed by atoms with Gasteiger partial charge in [-0.2, -0.15) is 0 Å². The molecule has 172 valence electrons. The van der Waals surface area contributed by atoms with E-state index in [-0.39, 0.29) is 11.3 Å². The molecule has 0 radical (unpaired) electrons. The molecule has 3 heterocycles. The second kappa shape index (κ2) is 8.56. The van der Waals surface area contributed by atoms with Gasteiger partial charge in [-0.1, -0.05) is 12.1 Å². The molecule has 1 amide bonds. The van der Waals surface area contributed by atoms with Crippen LogP contribution < -0.4 is 15.2 Å². The number of benzene rings is 2. The summed E-state index contributed by atoms with van der Waals surface area (Å²) in [6.45, 7) is 6.17. The number of rotatable bonds is 4. The number of aryl methyl sites for hydroxylation is 1. The molecular formula is C26H29N3O4. The van der Waals surface area contributed by atoms with E-state index >= 15 is 0 Å². The van der Waals surface area contributed by atoms with E-state index in [4.69, 9.17) is 9.15 Å². The maximum atomic E-state index is 13.2. The van der Waals surface area contributed by atoms with Crippen molar-refractivity contribution in [3.05, 3.63) is 68.9 Å². The first-order chi connectivity index (χ1) is 15.9. The van der Waals surface area contributed by atoms with Crippen molar-refractivity contribution in [3.8, 4) is 0 Å². The molecule has 33 heavy (non-hydrogen) atoms. The van der Waals surface area contributed by atoms with Crippen molar-refractivity contribution < 1.29 is 13.9 Å². The summed E-state index contributed by atoms with van der Waals surface area (Å²) in [5.74, 6) is 0.425. The van der Waals surface area contributed by atoms with Gasteiger partial charge in [0.05, 0.1) is 18.6 Å². The van der Waals surface area contributed by atoms with Crippen LogP contribution in [0.25, 0.3) is 11.0 Å². The molecule has 1 aromatic heterocycles. The molecule has 1 saturated heterocycles. The summed E-state index contributed by atoms with van der Waals surface area (Å²) in [6, 6.07) is 11.4. The van der Waals surface area contributed by atoms with E-state index in [0.717, 1.165) is 18.5 Å². The molecule has 0 N–H and O–H groups in total. The van der Waals surface area contributed by atoms with Crippen LogP contribution in [0.3, 0.4) is 0 Å². The number of hydrogen-bond acceptors (Lipinski definition) is 6. The maximum Gasteiger partial charge on any atom is 0.253 e. The van der Waals surface area contributed by atoms with Crippen molar-refractivity contribution in [2.75, 3.05) is 56.7 Å². The molecule has 2 aliphatic rings. The maximum absolute atomic E-state index is 13.2. The monoisotopic (exact) mass is 447 g/mol. The van der Waals surface area contributed by atoms with Crippen molar-refractivity contribution in [2.45, 2.75) is 19.9 Å². The Labute approximate surface area is 193 Å². The van der Waals surface area contributed by atoms with Crippen LogP contribution in [0.15, 0.2) is 45.6 Å². The Hall–Kier alpha value is -3.32. The molecule has 0 saturated carbocycles. The molecule has 1 fully saturated rings. The van der Waals surface area contributed by atoms with Crippen LogP contribution in [0.5, 0.6) is 0 Å². The topological polar surface area (TPSA) is 66.2 Å². The van der Waals surface area contributed by atoms with Crippen molar-refractivity contribution in [3.63, 3.8) is 0 Å². The highest BCUT2D eigenvalue weighted by Gasteiger charge is 2.24. The second-order valence-electron chi connectivity index (χ2n) is 9.00. The van der Waals surface area contributed by atoms with Crippen LogP contribution in [0, 0.1) is 6.92 Å². The summed E-state index contributed by atoms with van der Waals surface area (Å²) < 4.78 is 11.8. The third-order valence-electron chi connectivity index (χ3n) is 6.59. The molecule has 0 spiro atoms. The quantitative estimate of drug-likeness (QED) is 0.612. The Morgan fingerprint density at radius 3 is 2.64 bits per heavy atom. The minimum absolute atomic E-state index is 0.132. The van der Waals surface area contributed by atoms with Gasteiger partial charge in [-0.15, -0.1) is 0 Å². The Morgan fingerprint density at radius 1 is 1.09 bits per heavy atom. The number of fused-ring (bicyclic) bond motifs is 2. The van der Waals surface area contributed by atoms with E-state index in [1.807, 2.05) is 11.0 Å². The second-order valence-corrected chi connectivity index (χ2v) is 9.00. The molecule has 7 heteroatoms. The zero-order chi connectivity index (χ0) is 23.1. The average Bonchev–Trinajstić information content (AvgIpc) is 3.23. The Bertz CT molecular complexity index is 1270. The summed E-state index contributed by atoms with van der Waals surface area (Å²) in [7, 11) is 3.44. The van der Waals surface area contributed by atoms with Gasteiger partial charge < -0.3 is 23.9 Å². The summed E-state index contributed by atoms with van der Waals surface area (Å²) >= 11 is 0. The Kier molecular flexibility index (Phi) is 5.58. The molecule has 3 aromatic rings. The van der Waals surface area contributed by atoms with E-state index in [9.17, 15) is 9.59 Å². The van der Waals surface area contributed by atoms with Crippen LogP contribution in [-0.2, 0) is 17.7 Å². The largest absolute Gasteiger partial charge is 0.440 e. The average molecular weight is 448 g/mol. The zero-order valence-electron chi connectivity index (χ0n) is 19.4. The van der Waals surface area contributed by atoms with E-state index < -0.39 is 0 Å². The first-order valence-electron chi connectivity index (χ1n) is 11.4. The van der Waals surface area contributed by atoms with Crippen LogP contribution in [0.4, 0.5) is 11.6 Å². The van der Waals surface area contributed by atoms with Gasteiger partial charge in [-0.3, -0.25) is 9.59 Å². The van der Waals surface area contributed by atoms with E-state index in [2.05, 4.69) is 30.0 Å². The molecular weight excluding hydrogens is 418 g/mol. The SMILES string of the molecule is Cc1cccc2c1CCN2Cc1cc(C(=O)N(C)C)cc2c(=O)cc(N3CCOCC3)oc12. The smallest absolute Gasteiger partial charge is 0.253 e. The van der Waals surface area contributed by atoms with Crippen LogP contribution in [-0.4, -0.2) is 57.8 Å². The van der Waals surface area contributed by atoms with Gasteiger partial charge in [-0.25, -0.2) is 0 Å². The van der Waals surface area contributed by atoms with Gasteiger partial charge >= 0.3 is 0 Å². The predicted octanol–water partition coefficient (Wildman–Crippen LogP) is 3.20. The number of amides is 1. The van der Waals surface area contributed by atoms with Crippen LogP contribution in [0.1, 0.15) is 27.0 Å². The number of nitrogens with zero attached hydrogens (tertiary/aromatic N) is 3. The number of anilines is 2. The van der Waals surface area contributed by atoms with Crippen molar-refractivity contribution in [1.82, 2.24) is 4.90 Å². The third-order valence-corrected chi connectivity index (χ3v) is 6.59. The number of carbonyl (C=O) groups is 1. The standard InChI is InChI=1S/C26H29N3O4/c1-17-5-4-6-22-20(17)7-8-29(22)16-19-13-18(26(31)27(2)3)14-21-23(30)15-24(33-25(19)21)28-9-11-32-12-10-28/h4-6,13-15H,7-12,16H2,1-3H3. The van der Waals surface area contributed by atoms with E-state index in [0.29, 0.717) is 55.3 Å². The number of hydrogen-bond donors (Lipinski definition) is 0. The molecule has 0 aliphatic carbocycles. The zero-order valence-corrected chi connectivity index (χ0v) is 19.4. The summed E-state index contributed by atoms with van der Waals surface area (Å²) in [4.78, 5) is 31.8. The van der Waals surface area contributed by atoms with Gasteiger partial charge in [0.15, 0.2) is 11.3 Å². The first kappa shape index (κ1) is 21.5. The molecule has 2 aliphatic heterocycles. The summed E-state index contributed by atoms with van der Waals surface area (Å²) in [6.07, 6.45) is 0.985. The highest BCUT2D eigenvalue weighted by Crippen LogP contribution is 2.33. The van der Waals surface area contributed by atoms with Crippen molar-refractivity contribution >= 4 is 28.4 Å². The first-order valence-corrected chi connectivity index (χ1v) is 11.4. The minimum Gasteiger partial charge on any atom is -0.440 e. The molecule has 0 atom stereocenters. The fourth-order valence-corrected chi connectivity index (χ4v) is 4.80. The van der Waals surface area contributed by atoms with Gasteiger partial charge in [0, 0.05) is 63.2 Å². The predicted molar refractivity (Wildman–Crippen MR) is 129 cm³/mol. The number of carbonyl (C=O) groups excluding carboxylic acids is 1. The lowest BCUT2D eigenvalue weighted by Gasteiger charge is -2.27. The molecule has 2 aromatic carbocycles. The van der Waals surface area contributed by atoms with E-state index in [1.165, 1.54) is 27.8 Å². The van der Waals surface area contributed by atoms with Gasteiger partial charge in [0.25, 0.3) is 5.91 Å². The number of ether oxygens (including phenoxy) is 1. The molecule has 0 bridgehead atoms. The minimum atomic E-state index is -0.134. The third kappa shape index (κ3) is 3.97. The van der Waals surface area contributed by atoms with Gasteiger partial charge in [0.1, 0.15) is 5.58 Å². The normalized spacial score (nSPS) is 15.7. The lowest BCUT2D eigenvalue weighted by Crippen LogP contribution is -2.36. The molecule has 5 rings (SSSR count).